The third-order valence-electron chi connectivity index (χ3n) is 4.50. The quantitative estimate of drug-likeness (QED) is 0.809. The van der Waals surface area contributed by atoms with Gasteiger partial charge in [0.15, 0.2) is 5.41 Å². The van der Waals surface area contributed by atoms with Crippen molar-refractivity contribution in [1.29, 1.82) is 0 Å². The van der Waals surface area contributed by atoms with Gasteiger partial charge in [0.25, 0.3) is 0 Å². The first kappa shape index (κ1) is 17.4. The monoisotopic (exact) mass is 337 g/mol. The van der Waals surface area contributed by atoms with Crippen molar-refractivity contribution in [3.05, 3.63) is 35.9 Å². The highest BCUT2D eigenvalue weighted by Crippen LogP contribution is 2.31. The molecule has 0 bridgehead atoms. The Labute approximate surface area is 141 Å². The van der Waals surface area contributed by atoms with Crippen LogP contribution in [-0.4, -0.2) is 42.4 Å². The lowest BCUT2D eigenvalue weighted by molar-refractivity contribution is -0.139. The Morgan fingerprint density at radius 3 is 2.09 bits per heavy atom. The van der Waals surface area contributed by atoms with Gasteiger partial charge >= 0.3 is 6.03 Å². The topological polar surface area (TPSA) is 78.5 Å². The zero-order chi connectivity index (χ0) is 15.6. The van der Waals surface area contributed by atoms with Gasteiger partial charge in [-0.2, -0.15) is 0 Å². The van der Waals surface area contributed by atoms with Crippen LogP contribution in [0.1, 0.15) is 24.8 Å². The van der Waals surface area contributed by atoms with Gasteiger partial charge in [0.2, 0.25) is 11.8 Å². The summed E-state index contributed by atoms with van der Waals surface area (Å²) in [7, 11) is 0. The van der Waals surface area contributed by atoms with Crippen molar-refractivity contribution >= 4 is 30.3 Å². The lowest BCUT2D eigenvalue weighted by atomic mass is 9.74. The molecule has 7 heteroatoms. The molecule has 124 valence electrons. The predicted molar refractivity (Wildman–Crippen MR) is 87.3 cm³/mol. The van der Waals surface area contributed by atoms with Gasteiger partial charge in [-0.15, -0.1) is 12.4 Å². The molecule has 0 radical (unpaired) electrons. The Morgan fingerprint density at radius 2 is 1.52 bits per heavy atom. The summed E-state index contributed by atoms with van der Waals surface area (Å²) in [5.74, 6) is -1.07. The van der Waals surface area contributed by atoms with Crippen LogP contribution in [0.5, 0.6) is 0 Å². The third kappa shape index (κ3) is 3.23. The standard InChI is InChI=1S/C16H19N3O3.ClH/c20-13-16(12-6-2-1-3-7-12,14(21)18-15(22)17-13)8-11-19-9-4-5-10-19;/h1-3,6-7H,4-5,8-11H2,(H2,17,18,20,21,22);1H. The van der Waals surface area contributed by atoms with Crippen LogP contribution >= 0.6 is 12.4 Å². The molecule has 4 amide bonds. The molecule has 23 heavy (non-hydrogen) atoms. The summed E-state index contributed by atoms with van der Waals surface area (Å²) in [4.78, 5) is 38.7. The molecule has 2 N–H and O–H groups in total. The molecule has 0 spiro atoms. The number of hydrogen-bond acceptors (Lipinski definition) is 4. The third-order valence-corrected chi connectivity index (χ3v) is 4.50. The minimum absolute atomic E-state index is 0. The number of imide groups is 2. The first-order valence-electron chi connectivity index (χ1n) is 7.58. The minimum Gasteiger partial charge on any atom is -0.303 e. The molecule has 2 saturated heterocycles. The molecule has 2 aliphatic rings. The van der Waals surface area contributed by atoms with Crippen LogP contribution in [0.2, 0.25) is 0 Å². The first-order chi connectivity index (χ1) is 10.6. The van der Waals surface area contributed by atoms with Crippen molar-refractivity contribution in [2.75, 3.05) is 19.6 Å². The van der Waals surface area contributed by atoms with Crippen LogP contribution in [0, 0.1) is 0 Å². The Bertz CT molecular complexity index is 580. The molecule has 0 aliphatic carbocycles. The van der Waals surface area contributed by atoms with Gasteiger partial charge in [0.1, 0.15) is 0 Å². The van der Waals surface area contributed by atoms with E-state index in [1.807, 2.05) is 6.07 Å². The van der Waals surface area contributed by atoms with E-state index in [9.17, 15) is 14.4 Å². The van der Waals surface area contributed by atoms with Crippen LogP contribution in [-0.2, 0) is 15.0 Å². The highest BCUT2D eigenvalue weighted by molar-refractivity contribution is 6.22. The van der Waals surface area contributed by atoms with Gasteiger partial charge in [-0.05, 0) is 44.5 Å². The van der Waals surface area contributed by atoms with Gasteiger partial charge in [-0.1, -0.05) is 30.3 Å². The van der Waals surface area contributed by atoms with Crippen LogP contribution in [0.3, 0.4) is 0 Å². The van der Waals surface area contributed by atoms with Crippen molar-refractivity contribution in [3.63, 3.8) is 0 Å². The molecule has 1 aromatic carbocycles. The Balaban J connectivity index is 0.00000192. The number of benzene rings is 1. The molecular formula is C16H20ClN3O3. The first-order valence-corrected chi connectivity index (χ1v) is 7.58. The number of amides is 4. The Morgan fingerprint density at radius 1 is 0.957 bits per heavy atom. The normalized spacial score (nSPS) is 20.6. The highest BCUT2D eigenvalue weighted by Gasteiger charge is 2.51. The van der Waals surface area contributed by atoms with Crippen LogP contribution in [0.4, 0.5) is 4.79 Å². The highest BCUT2D eigenvalue weighted by atomic mass is 35.5. The van der Waals surface area contributed by atoms with E-state index in [1.54, 1.807) is 24.3 Å². The molecule has 0 aromatic heterocycles. The molecule has 0 saturated carbocycles. The summed E-state index contributed by atoms with van der Waals surface area (Å²) in [6.07, 6.45) is 2.66. The fourth-order valence-electron chi connectivity index (χ4n) is 3.24. The molecule has 1 aromatic rings. The molecule has 2 aliphatic heterocycles. The van der Waals surface area contributed by atoms with E-state index in [0.29, 0.717) is 18.5 Å². The number of rotatable bonds is 4. The fraction of sp³-hybridized carbons (Fsp3) is 0.438. The summed E-state index contributed by atoms with van der Waals surface area (Å²) in [6, 6.07) is 8.20. The minimum atomic E-state index is -1.34. The number of barbiturate groups is 1. The number of carbonyl (C=O) groups excluding carboxylic acids is 3. The molecule has 2 heterocycles. The van der Waals surface area contributed by atoms with Crippen molar-refractivity contribution in [2.24, 2.45) is 0 Å². The second-order valence-corrected chi connectivity index (χ2v) is 5.81. The Kier molecular flexibility index (Phi) is 5.38. The number of hydrogen-bond donors (Lipinski definition) is 2. The lowest BCUT2D eigenvalue weighted by Gasteiger charge is -2.35. The van der Waals surface area contributed by atoms with Gasteiger partial charge in [0.05, 0.1) is 0 Å². The number of nitrogens with zero attached hydrogens (tertiary/aromatic N) is 1. The van der Waals surface area contributed by atoms with Gasteiger partial charge in [0, 0.05) is 0 Å². The number of likely N-dealkylation sites (tertiary alicyclic amines) is 1. The number of carbonyl (C=O) groups is 3. The second kappa shape index (κ2) is 7.10. The van der Waals surface area contributed by atoms with Gasteiger partial charge in [-0.25, -0.2) is 4.79 Å². The van der Waals surface area contributed by atoms with Gasteiger partial charge in [-0.3, -0.25) is 20.2 Å². The number of nitrogens with one attached hydrogen (secondary N) is 2. The Hall–Kier alpha value is -1.92. The molecule has 2 fully saturated rings. The van der Waals surface area contributed by atoms with E-state index in [4.69, 9.17) is 0 Å². The summed E-state index contributed by atoms with van der Waals surface area (Å²) >= 11 is 0. The van der Waals surface area contributed by atoms with E-state index in [2.05, 4.69) is 15.5 Å². The van der Waals surface area contributed by atoms with Crippen LogP contribution in [0.15, 0.2) is 30.3 Å². The van der Waals surface area contributed by atoms with E-state index in [-0.39, 0.29) is 12.4 Å². The van der Waals surface area contributed by atoms with E-state index in [1.165, 1.54) is 0 Å². The molecule has 3 rings (SSSR count). The average molecular weight is 338 g/mol. The summed E-state index contributed by atoms with van der Waals surface area (Å²) in [5, 5.41) is 4.49. The maximum absolute atomic E-state index is 12.5. The van der Waals surface area contributed by atoms with Crippen LogP contribution in [0.25, 0.3) is 0 Å². The van der Waals surface area contributed by atoms with E-state index < -0.39 is 23.3 Å². The maximum atomic E-state index is 12.5. The van der Waals surface area contributed by atoms with Crippen LogP contribution < -0.4 is 10.6 Å². The molecule has 0 atom stereocenters. The van der Waals surface area contributed by atoms with E-state index >= 15 is 0 Å². The molecule has 6 nitrogen and oxygen atoms in total. The lowest BCUT2D eigenvalue weighted by Crippen LogP contribution is -2.65. The summed E-state index contributed by atoms with van der Waals surface area (Å²) in [6.45, 7) is 2.64. The summed E-state index contributed by atoms with van der Waals surface area (Å²) in [5.41, 5.74) is -0.714. The molecule has 0 unspecified atom stereocenters. The van der Waals surface area contributed by atoms with E-state index in [0.717, 1.165) is 25.9 Å². The fourth-order valence-corrected chi connectivity index (χ4v) is 3.24. The zero-order valence-electron chi connectivity index (χ0n) is 12.7. The van der Waals surface area contributed by atoms with Gasteiger partial charge < -0.3 is 4.90 Å². The SMILES string of the molecule is Cl.O=C1NC(=O)C(CCN2CCCC2)(c2ccccc2)C(=O)N1. The average Bonchev–Trinajstić information content (AvgIpc) is 3.01. The summed E-state index contributed by atoms with van der Waals surface area (Å²) < 4.78 is 0. The largest absolute Gasteiger partial charge is 0.328 e. The van der Waals surface area contributed by atoms with Crippen molar-refractivity contribution in [3.8, 4) is 0 Å². The zero-order valence-corrected chi connectivity index (χ0v) is 13.5. The number of halogens is 1. The molecular weight excluding hydrogens is 318 g/mol. The van der Waals surface area contributed by atoms with Crippen molar-refractivity contribution in [1.82, 2.24) is 15.5 Å². The van der Waals surface area contributed by atoms with Crippen molar-refractivity contribution in [2.45, 2.75) is 24.7 Å². The van der Waals surface area contributed by atoms with Crippen molar-refractivity contribution < 1.29 is 14.4 Å². The second-order valence-electron chi connectivity index (χ2n) is 5.81. The smallest absolute Gasteiger partial charge is 0.303 e. The predicted octanol–water partition coefficient (Wildman–Crippen LogP) is 1.20. The maximum Gasteiger partial charge on any atom is 0.328 e. The number of urea groups is 1.